The molecule has 0 N–H and O–H groups in total. The molecule has 18 heavy (non-hydrogen) atoms. The summed E-state index contributed by atoms with van der Waals surface area (Å²) >= 11 is 0. The normalized spacial score (nSPS) is 27.2. The number of carbonyl (C=O) groups excluding carboxylic acids is 1. The summed E-state index contributed by atoms with van der Waals surface area (Å²) in [5, 5.41) is 0. The fraction of sp³-hybridized carbons (Fsp3) is 0.533. The van der Waals surface area contributed by atoms with Crippen LogP contribution in [0, 0.1) is 17.7 Å². The lowest BCUT2D eigenvalue weighted by Crippen LogP contribution is -2.14. The minimum atomic E-state index is -0.604. The van der Waals surface area contributed by atoms with Crippen molar-refractivity contribution in [3.8, 4) is 0 Å². The van der Waals surface area contributed by atoms with Gasteiger partial charge in [-0.15, -0.1) is 0 Å². The molecule has 2 rings (SSSR count). The van der Waals surface area contributed by atoms with E-state index in [0.717, 1.165) is 12.8 Å². The van der Waals surface area contributed by atoms with E-state index in [0.29, 0.717) is 17.4 Å². The molecule has 0 heterocycles. The van der Waals surface area contributed by atoms with Crippen molar-refractivity contribution >= 4 is 5.97 Å². The van der Waals surface area contributed by atoms with Crippen LogP contribution in [0.2, 0.25) is 0 Å². The summed E-state index contributed by atoms with van der Waals surface area (Å²) in [5.74, 6) is 0.113. The monoisotopic (exact) mass is 250 g/mol. The Morgan fingerprint density at radius 3 is 2.44 bits per heavy atom. The summed E-state index contributed by atoms with van der Waals surface area (Å²) in [4.78, 5) is 11.5. The Kier molecular flexibility index (Phi) is 3.69. The van der Waals surface area contributed by atoms with E-state index in [1.807, 2.05) is 0 Å². The lowest BCUT2D eigenvalue weighted by atomic mass is 9.84. The van der Waals surface area contributed by atoms with Crippen LogP contribution in [0.1, 0.15) is 48.5 Å². The summed E-state index contributed by atoms with van der Waals surface area (Å²) in [6, 6.07) is 5.02. The highest BCUT2D eigenvalue weighted by atomic mass is 19.1. The maximum Gasteiger partial charge on any atom is 0.340 e. The molecule has 1 unspecified atom stereocenters. The molecule has 0 spiro atoms. The number of hydrogen-bond donors (Lipinski definition) is 0. The van der Waals surface area contributed by atoms with Crippen LogP contribution in [0.3, 0.4) is 0 Å². The first-order valence-corrected chi connectivity index (χ1v) is 6.43. The smallest absolute Gasteiger partial charge is 0.340 e. The molecular weight excluding hydrogens is 231 g/mol. The summed E-state index contributed by atoms with van der Waals surface area (Å²) < 4.78 is 19.0. The fourth-order valence-electron chi connectivity index (χ4n) is 3.13. The van der Waals surface area contributed by atoms with Gasteiger partial charge in [0.25, 0.3) is 0 Å². The Hall–Kier alpha value is -1.38. The highest BCUT2D eigenvalue weighted by Gasteiger charge is 2.34. The van der Waals surface area contributed by atoms with E-state index in [9.17, 15) is 9.18 Å². The van der Waals surface area contributed by atoms with Crippen molar-refractivity contribution in [2.45, 2.75) is 32.6 Å². The lowest BCUT2D eigenvalue weighted by Gasteiger charge is -2.21. The average molecular weight is 250 g/mol. The third-order valence-corrected chi connectivity index (χ3v) is 4.10. The van der Waals surface area contributed by atoms with Crippen molar-refractivity contribution in [3.05, 3.63) is 35.1 Å². The summed E-state index contributed by atoms with van der Waals surface area (Å²) in [7, 11) is 1.27. The Balaban J connectivity index is 2.43. The first-order chi connectivity index (χ1) is 8.56. The van der Waals surface area contributed by atoms with Crippen LogP contribution in [0.5, 0.6) is 0 Å². The van der Waals surface area contributed by atoms with Crippen LogP contribution in [-0.4, -0.2) is 13.1 Å². The minimum absolute atomic E-state index is 0.0429. The van der Waals surface area contributed by atoms with Crippen molar-refractivity contribution in [2.75, 3.05) is 7.11 Å². The molecule has 2 nitrogen and oxygen atoms in total. The number of halogens is 1. The van der Waals surface area contributed by atoms with E-state index in [1.165, 1.54) is 13.2 Å². The van der Waals surface area contributed by atoms with E-state index in [2.05, 4.69) is 18.6 Å². The molecule has 0 aromatic heterocycles. The second-order valence-electron chi connectivity index (χ2n) is 5.26. The Labute approximate surface area is 107 Å². The first-order valence-electron chi connectivity index (χ1n) is 6.43. The van der Waals surface area contributed by atoms with Crippen molar-refractivity contribution < 1.29 is 13.9 Å². The molecule has 1 aliphatic rings. The van der Waals surface area contributed by atoms with Gasteiger partial charge in [-0.1, -0.05) is 26.0 Å². The first kappa shape index (κ1) is 13.1. The molecule has 0 amide bonds. The van der Waals surface area contributed by atoms with Gasteiger partial charge in [0.1, 0.15) is 5.82 Å². The van der Waals surface area contributed by atoms with Gasteiger partial charge in [0, 0.05) is 0 Å². The van der Waals surface area contributed by atoms with Crippen LogP contribution in [0.15, 0.2) is 18.2 Å². The minimum Gasteiger partial charge on any atom is -0.465 e. The maximum atomic E-state index is 14.4. The Morgan fingerprint density at radius 2 is 1.89 bits per heavy atom. The van der Waals surface area contributed by atoms with E-state index >= 15 is 0 Å². The zero-order chi connectivity index (χ0) is 13.3. The largest absolute Gasteiger partial charge is 0.465 e. The number of esters is 1. The van der Waals surface area contributed by atoms with Crippen molar-refractivity contribution in [1.82, 2.24) is 0 Å². The van der Waals surface area contributed by atoms with Gasteiger partial charge in [0.2, 0.25) is 0 Å². The third kappa shape index (κ3) is 2.14. The van der Waals surface area contributed by atoms with Gasteiger partial charge >= 0.3 is 5.97 Å². The molecular formula is C15H19FO2. The highest BCUT2D eigenvalue weighted by Crippen LogP contribution is 2.44. The van der Waals surface area contributed by atoms with Gasteiger partial charge in [-0.2, -0.15) is 0 Å². The number of carbonyl (C=O) groups is 1. The van der Waals surface area contributed by atoms with Crippen molar-refractivity contribution in [1.29, 1.82) is 0 Å². The molecule has 0 saturated heterocycles. The number of ether oxygens (including phenoxy) is 1. The Bertz CT molecular complexity index is 446. The molecule has 3 heteroatoms. The topological polar surface area (TPSA) is 26.3 Å². The standard InChI is InChI=1S/C15H19FO2/c1-9-7-8-10(2)13(9)11-5-4-6-12(14(11)16)15(17)18-3/h4-6,9-10,13H,7-8H2,1-3H3/t9-,10+,13?. The molecule has 1 aromatic carbocycles. The third-order valence-electron chi connectivity index (χ3n) is 4.10. The van der Waals surface area contributed by atoms with Gasteiger partial charge in [-0.05, 0) is 42.2 Å². The second-order valence-corrected chi connectivity index (χ2v) is 5.26. The second kappa shape index (κ2) is 5.09. The van der Waals surface area contributed by atoms with E-state index in [4.69, 9.17) is 0 Å². The highest BCUT2D eigenvalue weighted by molar-refractivity contribution is 5.89. The zero-order valence-corrected chi connectivity index (χ0v) is 11.1. The van der Waals surface area contributed by atoms with Crippen LogP contribution in [-0.2, 0) is 4.74 Å². The lowest BCUT2D eigenvalue weighted by molar-refractivity contribution is 0.0595. The fourth-order valence-corrected chi connectivity index (χ4v) is 3.13. The summed E-state index contributed by atoms with van der Waals surface area (Å²) in [6.45, 7) is 4.30. The number of benzene rings is 1. The van der Waals surface area contributed by atoms with Crippen LogP contribution in [0.4, 0.5) is 4.39 Å². The van der Waals surface area contributed by atoms with Gasteiger partial charge in [-0.25, -0.2) is 9.18 Å². The average Bonchev–Trinajstić information content (AvgIpc) is 2.69. The van der Waals surface area contributed by atoms with E-state index < -0.39 is 11.8 Å². The van der Waals surface area contributed by atoms with Crippen LogP contribution in [0.25, 0.3) is 0 Å². The van der Waals surface area contributed by atoms with E-state index in [1.54, 1.807) is 12.1 Å². The van der Waals surface area contributed by atoms with Crippen molar-refractivity contribution in [2.24, 2.45) is 11.8 Å². The van der Waals surface area contributed by atoms with Crippen LogP contribution < -0.4 is 0 Å². The molecule has 1 saturated carbocycles. The van der Waals surface area contributed by atoms with Gasteiger partial charge in [0.15, 0.2) is 0 Å². The number of hydrogen-bond acceptors (Lipinski definition) is 2. The number of rotatable bonds is 2. The molecule has 0 radical (unpaired) electrons. The van der Waals surface area contributed by atoms with Crippen molar-refractivity contribution in [3.63, 3.8) is 0 Å². The predicted octanol–water partition coefficient (Wildman–Crippen LogP) is 3.76. The summed E-state index contributed by atoms with van der Waals surface area (Å²) in [6.07, 6.45) is 2.24. The zero-order valence-electron chi connectivity index (χ0n) is 11.1. The molecule has 1 fully saturated rings. The molecule has 1 aromatic rings. The van der Waals surface area contributed by atoms with Crippen LogP contribution >= 0.6 is 0 Å². The van der Waals surface area contributed by atoms with E-state index in [-0.39, 0.29) is 11.5 Å². The van der Waals surface area contributed by atoms with Gasteiger partial charge in [-0.3, -0.25) is 0 Å². The molecule has 1 aliphatic carbocycles. The molecule has 0 aliphatic heterocycles. The SMILES string of the molecule is COC(=O)c1cccc(C2[C@H](C)CC[C@@H]2C)c1F. The molecule has 3 atom stereocenters. The summed E-state index contributed by atoms with van der Waals surface area (Å²) in [5.41, 5.74) is 0.705. The quantitative estimate of drug-likeness (QED) is 0.747. The van der Waals surface area contributed by atoms with Gasteiger partial charge < -0.3 is 4.74 Å². The Morgan fingerprint density at radius 1 is 1.28 bits per heavy atom. The van der Waals surface area contributed by atoms with Gasteiger partial charge in [0.05, 0.1) is 12.7 Å². The predicted molar refractivity (Wildman–Crippen MR) is 68.0 cm³/mol. The maximum absolute atomic E-state index is 14.4. The molecule has 0 bridgehead atoms. The number of methoxy groups -OCH3 is 1. The molecule has 98 valence electrons.